The summed E-state index contributed by atoms with van der Waals surface area (Å²) >= 11 is 6.14. The summed E-state index contributed by atoms with van der Waals surface area (Å²) in [6.45, 7) is -0.128. The maximum atomic E-state index is 14.0. The monoisotopic (exact) mass is 557 g/mol. The molecule has 1 N–H and O–H groups in total. The molecule has 0 fully saturated rings. The first-order chi connectivity index (χ1) is 19.4. The second kappa shape index (κ2) is 12.0. The summed E-state index contributed by atoms with van der Waals surface area (Å²) in [7, 11) is 1.56. The highest BCUT2D eigenvalue weighted by Gasteiger charge is 2.32. The number of ether oxygens (including phenoxy) is 1. The molecule has 2 amide bonds. The molecule has 0 radical (unpaired) electrons. The van der Waals surface area contributed by atoms with Gasteiger partial charge in [0.15, 0.2) is 0 Å². The normalized spacial score (nSPS) is 11.7. The highest BCUT2D eigenvalue weighted by molar-refractivity contribution is 6.30. The Bertz CT molecular complexity index is 1620. The largest absolute Gasteiger partial charge is 0.497 e. The maximum absolute atomic E-state index is 14.0. The van der Waals surface area contributed by atoms with Crippen LogP contribution in [0.3, 0.4) is 0 Å². The fourth-order valence-electron chi connectivity index (χ4n) is 4.37. The minimum absolute atomic E-state index is 0.0368. The number of anilines is 1. The van der Waals surface area contributed by atoms with E-state index in [0.29, 0.717) is 38.6 Å². The fourth-order valence-corrected chi connectivity index (χ4v) is 4.49. The van der Waals surface area contributed by atoms with Crippen molar-refractivity contribution in [1.82, 2.24) is 19.9 Å². The SMILES string of the molecule is COc1ccc(NC(=O)[C@H](c2ccc(Cl)cc2)N(Cc2ccc(F)cc2)C(=O)Cn2nnc3ccccc32)cc1. The van der Waals surface area contributed by atoms with Gasteiger partial charge in [0.05, 0.1) is 12.6 Å². The highest BCUT2D eigenvalue weighted by Crippen LogP contribution is 2.28. The Morgan fingerprint density at radius 1 is 0.975 bits per heavy atom. The van der Waals surface area contributed by atoms with Crippen LogP contribution < -0.4 is 10.1 Å². The zero-order valence-corrected chi connectivity index (χ0v) is 22.3. The molecule has 0 unspecified atom stereocenters. The van der Waals surface area contributed by atoms with Gasteiger partial charge < -0.3 is 15.0 Å². The Morgan fingerprint density at radius 2 is 1.68 bits per heavy atom. The third-order valence-electron chi connectivity index (χ3n) is 6.40. The number of para-hydroxylation sites is 1. The van der Waals surface area contributed by atoms with Gasteiger partial charge in [-0.05, 0) is 71.8 Å². The molecule has 10 heteroatoms. The van der Waals surface area contributed by atoms with Crippen LogP contribution >= 0.6 is 11.6 Å². The van der Waals surface area contributed by atoms with E-state index in [2.05, 4.69) is 15.6 Å². The molecule has 8 nitrogen and oxygen atoms in total. The van der Waals surface area contributed by atoms with Gasteiger partial charge in [-0.15, -0.1) is 5.10 Å². The number of halogens is 2. The van der Waals surface area contributed by atoms with Crippen LogP contribution in [0.1, 0.15) is 17.2 Å². The number of amides is 2. The number of rotatable bonds is 9. The van der Waals surface area contributed by atoms with Crippen LogP contribution in [-0.4, -0.2) is 38.8 Å². The molecule has 5 rings (SSSR count). The van der Waals surface area contributed by atoms with Gasteiger partial charge >= 0.3 is 0 Å². The Morgan fingerprint density at radius 3 is 2.38 bits per heavy atom. The molecule has 1 aromatic heterocycles. The zero-order chi connectivity index (χ0) is 28.1. The van der Waals surface area contributed by atoms with Gasteiger partial charge in [-0.25, -0.2) is 9.07 Å². The first kappa shape index (κ1) is 26.8. The lowest BCUT2D eigenvalue weighted by Crippen LogP contribution is -2.42. The number of nitrogens with zero attached hydrogens (tertiary/aromatic N) is 4. The third kappa shape index (κ3) is 6.10. The Balaban J connectivity index is 1.53. The summed E-state index contributed by atoms with van der Waals surface area (Å²) < 4.78 is 20.4. The molecule has 0 spiro atoms. The summed E-state index contributed by atoms with van der Waals surface area (Å²) in [6, 6.07) is 25.7. The number of nitrogens with one attached hydrogen (secondary N) is 1. The lowest BCUT2D eigenvalue weighted by Gasteiger charge is -2.31. The molecule has 202 valence electrons. The molecule has 0 saturated heterocycles. The van der Waals surface area contributed by atoms with Crippen LogP contribution in [0.5, 0.6) is 5.75 Å². The average Bonchev–Trinajstić information content (AvgIpc) is 3.37. The van der Waals surface area contributed by atoms with E-state index < -0.39 is 17.8 Å². The van der Waals surface area contributed by atoms with Gasteiger partial charge in [0.25, 0.3) is 5.91 Å². The van der Waals surface area contributed by atoms with Crippen molar-refractivity contribution in [2.24, 2.45) is 0 Å². The zero-order valence-electron chi connectivity index (χ0n) is 21.5. The number of carbonyl (C=O) groups is 2. The molecule has 0 aliphatic heterocycles. The molecule has 0 saturated carbocycles. The van der Waals surface area contributed by atoms with Crippen molar-refractivity contribution in [3.05, 3.63) is 119 Å². The Labute approximate surface area is 234 Å². The molecule has 40 heavy (non-hydrogen) atoms. The van der Waals surface area contributed by atoms with Crippen LogP contribution in [0.25, 0.3) is 11.0 Å². The van der Waals surface area contributed by atoms with Crippen molar-refractivity contribution in [2.45, 2.75) is 19.1 Å². The van der Waals surface area contributed by atoms with Crippen LogP contribution in [0.2, 0.25) is 5.02 Å². The molecule has 1 heterocycles. The van der Waals surface area contributed by atoms with Crippen LogP contribution in [0, 0.1) is 5.82 Å². The Kier molecular flexibility index (Phi) is 8.02. The van der Waals surface area contributed by atoms with E-state index in [9.17, 15) is 14.0 Å². The van der Waals surface area contributed by atoms with Crippen molar-refractivity contribution in [3.8, 4) is 5.75 Å². The smallest absolute Gasteiger partial charge is 0.251 e. The molecular formula is C30H25ClFN5O3. The van der Waals surface area contributed by atoms with Crippen LogP contribution in [0.15, 0.2) is 97.1 Å². The maximum Gasteiger partial charge on any atom is 0.251 e. The first-order valence-electron chi connectivity index (χ1n) is 12.4. The number of aromatic nitrogens is 3. The minimum atomic E-state index is -1.05. The first-order valence-corrected chi connectivity index (χ1v) is 12.8. The number of hydrogen-bond acceptors (Lipinski definition) is 5. The van der Waals surface area contributed by atoms with Gasteiger partial charge in [0, 0.05) is 17.3 Å². The van der Waals surface area contributed by atoms with E-state index in [4.69, 9.17) is 16.3 Å². The fraction of sp³-hybridized carbons (Fsp3) is 0.133. The van der Waals surface area contributed by atoms with Crippen LogP contribution in [-0.2, 0) is 22.7 Å². The number of fused-ring (bicyclic) bond motifs is 1. The van der Waals surface area contributed by atoms with E-state index in [1.54, 1.807) is 73.8 Å². The van der Waals surface area contributed by atoms with Crippen molar-refractivity contribution in [3.63, 3.8) is 0 Å². The summed E-state index contributed by atoms with van der Waals surface area (Å²) in [6.07, 6.45) is 0. The van der Waals surface area contributed by atoms with Crippen molar-refractivity contribution in [2.75, 3.05) is 12.4 Å². The molecular weight excluding hydrogens is 533 g/mol. The third-order valence-corrected chi connectivity index (χ3v) is 6.65. The van der Waals surface area contributed by atoms with Gasteiger partial charge in [-0.3, -0.25) is 9.59 Å². The van der Waals surface area contributed by atoms with Gasteiger partial charge in [-0.1, -0.05) is 53.2 Å². The van der Waals surface area contributed by atoms with E-state index in [1.165, 1.54) is 21.7 Å². The minimum Gasteiger partial charge on any atom is -0.497 e. The number of benzene rings is 4. The molecule has 5 aromatic rings. The average molecular weight is 558 g/mol. The summed E-state index contributed by atoms with van der Waals surface area (Å²) in [5, 5.41) is 11.7. The highest BCUT2D eigenvalue weighted by atomic mass is 35.5. The van der Waals surface area contributed by atoms with E-state index in [0.717, 1.165) is 0 Å². The molecule has 0 bridgehead atoms. The van der Waals surface area contributed by atoms with Crippen LogP contribution in [0.4, 0.5) is 10.1 Å². The second-order valence-corrected chi connectivity index (χ2v) is 9.49. The predicted molar refractivity (Wildman–Crippen MR) is 150 cm³/mol. The summed E-state index contributed by atoms with van der Waals surface area (Å²) in [5.41, 5.74) is 3.06. The number of hydrogen-bond donors (Lipinski definition) is 1. The van der Waals surface area contributed by atoms with Gasteiger partial charge in [0.1, 0.15) is 29.7 Å². The lowest BCUT2D eigenvalue weighted by molar-refractivity contribution is -0.140. The molecule has 0 aliphatic carbocycles. The molecule has 1 atom stereocenters. The molecule has 0 aliphatic rings. The Hall–Kier alpha value is -4.76. The topological polar surface area (TPSA) is 89.4 Å². The second-order valence-electron chi connectivity index (χ2n) is 9.06. The van der Waals surface area contributed by atoms with E-state index in [-0.39, 0.29) is 19.0 Å². The van der Waals surface area contributed by atoms with Crippen molar-refractivity contribution < 1.29 is 18.7 Å². The number of carbonyl (C=O) groups excluding carboxylic acids is 2. The van der Waals surface area contributed by atoms with Gasteiger partial charge in [0.2, 0.25) is 5.91 Å². The number of methoxy groups -OCH3 is 1. The van der Waals surface area contributed by atoms with E-state index in [1.807, 2.05) is 18.2 Å². The van der Waals surface area contributed by atoms with E-state index >= 15 is 0 Å². The molecule has 4 aromatic carbocycles. The predicted octanol–water partition coefficient (Wildman–Crippen LogP) is 5.64. The quantitative estimate of drug-likeness (QED) is 0.253. The van der Waals surface area contributed by atoms with Gasteiger partial charge in [-0.2, -0.15) is 0 Å². The summed E-state index contributed by atoms with van der Waals surface area (Å²) in [5.74, 6) is -0.584. The van der Waals surface area contributed by atoms with Crippen molar-refractivity contribution in [1.29, 1.82) is 0 Å². The lowest BCUT2D eigenvalue weighted by atomic mass is 10.0. The van der Waals surface area contributed by atoms with Crippen molar-refractivity contribution >= 4 is 40.1 Å². The standard InChI is InChI=1S/C30H25ClFN5O3/c1-40-25-16-14-24(15-17-25)33-30(39)29(21-8-10-22(31)11-9-21)36(18-20-6-12-23(32)13-7-20)28(38)19-37-27-5-3-2-4-26(27)34-35-37/h2-17,29H,18-19H2,1H3,(H,33,39)/t29-/m0/s1. The summed E-state index contributed by atoms with van der Waals surface area (Å²) in [4.78, 5) is 29.3.